The van der Waals surface area contributed by atoms with Gasteiger partial charge in [-0.05, 0) is 43.2 Å². The van der Waals surface area contributed by atoms with Gasteiger partial charge >= 0.3 is 0 Å². The van der Waals surface area contributed by atoms with Gasteiger partial charge in [0.2, 0.25) is 0 Å². The van der Waals surface area contributed by atoms with Gasteiger partial charge in [0.05, 0.1) is 6.61 Å². The van der Waals surface area contributed by atoms with Crippen molar-refractivity contribution < 1.29 is 4.74 Å². The van der Waals surface area contributed by atoms with E-state index < -0.39 is 0 Å². The molecule has 1 nitrogen and oxygen atoms in total. The number of halogens is 1. The Bertz CT molecular complexity index is 315. The Hall–Kier alpha value is -0.340. The zero-order valence-corrected chi connectivity index (χ0v) is 11.4. The summed E-state index contributed by atoms with van der Waals surface area (Å²) in [5.74, 6) is 1.88. The van der Waals surface area contributed by atoms with E-state index in [1.54, 1.807) is 0 Å². The van der Waals surface area contributed by atoms with E-state index in [1.165, 1.54) is 19.3 Å². The van der Waals surface area contributed by atoms with Crippen LogP contribution in [0.5, 0.6) is 5.75 Å². The van der Waals surface area contributed by atoms with Crippen LogP contribution in [-0.4, -0.2) is 12.4 Å². The van der Waals surface area contributed by atoms with Crippen LogP contribution in [0, 0.1) is 6.92 Å². The Kier molecular flexibility index (Phi) is 6.74. The van der Waals surface area contributed by atoms with E-state index in [4.69, 9.17) is 16.3 Å². The fraction of sp³-hybridized carbons (Fsp3) is 0.538. The van der Waals surface area contributed by atoms with Gasteiger partial charge in [0.1, 0.15) is 5.75 Å². The lowest BCUT2D eigenvalue weighted by atomic mass is 10.2. The molecule has 1 aromatic carbocycles. The SMILES string of the molecule is Cc1ccc(Cl)cc1OCCCCCCS. The molecule has 0 spiro atoms. The van der Waals surface area contributed by atoms with E-state index in [-0.39, 0.29) is 0 Å². The van der Waals surface area contributed by atoms with Crippen molar-refractivity contribution in [3.63, 3.8) is 0 Å². The molecule has 0 saturated heterocycles. The number of benzene rings is 1. The summed E-state index contributed by atoms with van der Waals surface area (Å²) in [6, 6.07) is 5.75. The largest absolute Gasteiger partial charge is 0.493 e. The second-order valence-corrected chi connectivity index (χ2v) is 4.78. The second-order valence-electron chi connectivity index (χ2n) is 3.90. The van der Waals surface area contributed by atoms with Crippen LogP contribution in [0.4, 0.5) is 0 Å². The van der Waals surface area contributed by atoms with Gasteiger partial charge in [-0.15, -0.1) is 0 Å². The average molecular weight is 259 g/mol. The summed E-state index contributed by atoms with van der Waals surface area (Å²) in [5.41, 5.74) is 1.14. The molecule has 0 saturated carbocycles. The van der Waals surface area contributed by atoms with E-state index in [0.717, 1.165) is 35.1 Å². The van der Waals surface area contributed by atoms with E-state index >= 15 is 0 Å². The smallest absolute Gasteiger partial charge is 0.123 e. The van der Waals surface area contributed by atoms with Gasteiger partial charge in [-0.25, -0.2) is 0 Å². The predicted molar refractivity (Wildman–Crippen MR) is 74.0 cm³/mol. The van der Waals surface area contributed by atoms with Crippen LogP contribution in [0.3, 0.4) is 0 Å². The van der Waals surface area contributed by atoms with Gasteiger partial charge in [0.15, 0.2) is 0 Å². The molecule has 0 bridgehead atoms. The van der Waals surface area contributed by atoms with Crippen LogP contribution in [-0.2, 0) is 0 Å². The summed E-state index contributed by atoms with van der Waals surface area (Å²) in [6.45, 7) is 2.81. The molecule has 0 radical (unpaired) electrons. The lowest BCUT2D eigenvalue weighted by Crippen LogP contribution is -1.98. The van der Waals surface area contributed by atoms with Crippen LogP contribution >= 0.6 is 24.2 Å². The maximum absolute atomic E-state index is 5.91. The molecule has 0 aliphatic heterocycles. The fourth-order valence-electron chi connectivity index (χ4n) is 1.48. The number of thiol groups is 1. The lowest BCUT2D eigenvalue weighted by molar-refractivity contribution is 0.303. The molecule has 0 fully saturated rings. The summed E-state index contributed by atoms with van der Waals surface area (Å²) >= 11 is 10.1. The molecule has 0 amide bonds. The highest BCUT2D eigenvalue weighted by molar-refractivity contribution is 7.80. The summed E-state index contributed by atoms with van der Waals surface area (Å²) in [6.07, 6.45) is 4.74. The van der Waals surface area contributed by atoms with Crippen molar-refractivity contribution in [1.82, 2.24) is 0 Å². The molecule has 1 aromatic rings. The molecule has 90 valence electrons. The third kappa shape index (κ3) is 5.13. The van der Waals surface area contributed by atoms with Crippen molar-refractivity contribution >= 4 is 24.2 Å². The molecule has 1 rings (SSSR count). The van der Waals surface area contributed by atoms with Gasteiger partial charge < -0.3 is 4.74 Å². The van der Waals surface area contributed by atoms with Crippen LogP contribution < -0.4 is 4.74 Å². The zero-order valence-electron chi connectivity index (χ0n) is 9.71. The minimum Gasteiger partial charge on any atom is -0.493 e. The van der Waals surface area contributed by atoms with E-state index in [9.17, 15) is 0 Å². The molecule has 0 aliphatic carbocycles. The number of aryl methyl sites for hydroxylation is 1. The van der Waals surface area contributed by atoms with Gasteiger partial charge in [-0.2, -0.15) is 12.6 Å². The molecule has 16 heavy (non-hydrogen) atoms. The second kappa shape index (κ2) is 7.86. The van der Waals surface area contributed by atoms with Crippen molar-refractivity contribution in [3.05, 3.63) is 28.8 Å². The van der Waals surface area contributed by atoms with Crippen molar-refractivity contribution in [3.8, 4) is 5.75 Å². The number of hydrogen-bond donors (Lipinski definition) is 1. The van der Waals surface area contributed by atoms with Crippen molar-refractivity contribution in [1.29, 1.82) is 0 Å². The van der Waals surface area contributed by atoms with Crippen molar-refractivity contribution in [2.24, 2.45) is 0 Å². The predicted octanol–water partition coefficient (Wildman–Crippen LogP) is 4.52. The number of rotatable bonds is 7. The Balaban J connectivity index is 2.23. The molecule has 3 heteroatoms. The van der Waals surface area contributed by atoms with Gasteiger partial charge in [0, 0.05) is 5.02 Å². The van der Waals surface area contributed by atoms with Crippen LogP contribution in [0.1, 0.15) is 31.2 Å². The standard InChI is InChI=1S/C13H19ClOS/c1-11-6-7-12(14)10-13(11)15-8-4-2-3-5-9-16/h6-7,10,16H,2-5,8-9H2,1H3. The highest BCUT2D eigenvalue weighted by atomic mass is 35.5. The van der Waals surface area contributed by atoms with Crippen LogP contribution in [0.2, 0.25) is 5.02 Å². The third-order valence-electron chi connectivity index (χ3n) is 2.46. The van der Waals surface area contributed by atoms with Gasteiger partial charge in [-0.1, -0.05) is 30.5 Å². The highest BCUT2D eigenvalue weighted by Gasteiger charge is 2.00. The molecule has 0 aromatic heterocycles. The number of ether oxygens (including phenoxy) is 1. The first kappa shape index (κ1) is 13.7. The molecule has 0 aliphatic rings. The molecule has 0 N–H and O–H groups in total. The lowest BCUT2D eigenvalue weighted by Gasteiger charge is -2.09. The Labute approximate surface area is 109 Å². The maximum Gasteiger partial charge on any atom is 0.123 e. The third-order valence-corrected chi connectivity index (χ3v) is 3.01. The molecular weight excluding hydrogens is 240 g/mol. The Morgan fingerprint density at radius 1 is 1.19 bits per heavy atom. The number of hydrogen-bond acceptors (Lipinski definition) is 2. The number of unbranched alkanes of at least 4 members (excludes halogenated alkanes) is 3. The average Bonchev–Trinajstić information content (AvgIpc) is 2.28. The normalized spacial score (nSPS) is 10.4. The van der Waals surface area contributed by atoms with Crippen molar-refractivity contribution in [2.75, 3.05) is 12.4 Å². The van der Waals surface area contributed by atoms with Gasteiger partial charge in [-0.3, -0.25) is 0 Å². The van der Waals surface area contributed by atoms with E-state index in [2.05, 4.69) is 12.6 Å². The topological polar surface area (TPSA) is 9.23 Å². The van der Waals surface area contributed by atoms with Gasteiger partial charge in [0.25, 0.3) is 0 Å². The quantitative estimate of drug-likeness (QED) is 0.559. The highest BCUT2D eigenvalue weighted by Crippen LogP contribution is 2.22. The minimum atomic E-state index is 0.732. The van der Waals surface area contributed by atoms with Crippen LogP contribution in [0.25, 0.3) is 0 Å². The Morgan fingerprint density at radius 2 is 1.94 bits per heavy atom. The Morgan fingerprint density at radius 3 is 2.69 bits per heavy atom. The van der Waals surface area contributed by atoms with Crippen molar-refractivity contribution in [2.45, 2.75) is 32.6 Å². The first-order valence-electron chi connectivity index (χ1n) is 5.74. The monoisotopic (exact) mass is 258 g/mol. The van der Waals surface area contributed by atoms with E-state index in [1.807, 2.05) is 25.1 Å². The molecule has 0 atom stereocenters. The summed E-state index contributed by atoms with van der Waals surface area (Å²) < 4.78 is 5.69. The molecule has 0 heterocycles. The summed E-state index contributed by atoms with van der Waals surface area (Å²) in [5, 5.41) is 0.732. The minimum absolute atomic E-state index is 0.732. The first-order chi connectivity index (χ1) is 7.74. The van der Waals surface area contributed by atoms with E-state index in [0.29, 0.717) is 0 Å². The zero-order chi connectivity index (χ0) is 11.8. The molecule has 0 unspecified atom stereocenters. The van der Waals surface area contributed by atoms with Crippen LogP contribution in [0.15, 0.2) is 18.2 Å². The molecular formula is C13H19ClOS. The maximum atomic E-state index is 5.91. The summed E-state index contributed by atoms with van der Waals surface area (Å²) in [4.78, 5) is 0. The first-order valence-corrected chi connectivity index (χ1v) is 6.75. The fourth-order valence-corrected chi connectivity index (χ4v) is 1.86. The summed E-state index contributed by atoms with van der Waals surface area (Å²) in [7, 11) is 0.